The summed E-state index contributed by atoms with van der Waals surface area (Å²) >= 11 is 0. The van der Waals surface area contributed by atoms with Gasteiger partial charge in [-0.3, -0.25) is 0 Å². The summed E-state index contributed by atoms with van der Waals surface area (Å²) in [5.41, 5.74) is 0. The van der Waals surface area contributed by atoms with Gasteiger partial charge in [0.25, 0.3) is 10.2 Å². The van der Waals surface area contributed by atoms with Gasteiger partial charge in [0.15, 0.2) is 0 Å². The lowest BCUT2D eigenvalue weighted by Gasteiger charge is -2.37. The number of nitrogens with zero attached hydrogens (tertiary/aromatic N) is 3. The molecule has 2 rings (SSSR count). The van der Waals surface area contributed by atoms with Gasteiger partial charge in [-0.2, -0.15) is 17.0 Å². The third kappa shape index (κ3) is 4.39. The van der Waals surface area contributed by atoms with Crippen molar-refractivity contribution in [3.8, 4) is 0 Å². The molecule has 124 valence electrons. The highest BCUT2D eigenvalue weighted by molar-refractivity contribution is 7.86. The molecular weight excluding hydrogens is 290 g/mol. The summed E-state index contributed by atoms with van der Waals surface area (Å²) in [4.78, 5) is 2.18. The molecule has 1 N–H and O–H groups in total. The van der Waals surface area contributed by atoms with Crippen LogP contribution in [-0.2, 0) is 10.2 Å². The summed E-state index contributed by atoms with van der Waals surface area (Å²) in [6.45, 7) is 3.58. The van der Waals surface area contributed by atoms with E-state index < -0.39 is 10.2 Å². The molecule has 0 atom stereocenters. The van der Waals surface area contributed by atoms with Crippen LogP contribution in [0.1, 0.15) is 25.7 Å². The molecule has 0 saturated carbocycles. The molecule has 2 fully saturated rings. The Balaban J connectivity index is 1.87. The summed E-state index contributed by atoms with van der Waals surface area (Å²) in [5, 5.41) is 9.15. The second kappa shape index (κ2) is 7.37. The molecule has 0 spiro atoms. The second-order valence-electron chi connectivity index (χ2n) is 6.64. The molecule has 2 aliphatic heterocycles. The predicted octanol–water partition coefficient (Wildman–Crippen LogP) is 0.209. The van der Waals surface area contributed by atoms with Crippen LogP contribution in [0.2, 0.25) is 0 Å². The zero-order chi connectivity index (χ0) is 15.5. The van der Waals surface area contributed by atoms with Gasteiger partial charge in [0.1, 0.15) is 0 Å². The van der Waals surface area contributed by atoms with Crippen molar-refractivity contribution in [3.05, 3.63) is 0 Å². The second-order valence-corrected chi connectivity index (χ2v) is 8.57. The van der Waals surface area contributed by atoms with Crippen LogP contribution in [0.4, 0.5) is 0 Å². The maximum absolute atomic E-state index is 12.6. The lowest BCUT2D eigenvalue weighted by atomic mass is 9.98. The van der Waals surface area contributed by atoms with Gasteiger partial charge < -0.3 is 10.0 Å². The van der Waals surface area contributed by atoms with Crippen LogP contribution in [0.25, 0.3) is 0 Å². The van der Waals surface area contributed by atoms with Crippen molar-refractivity contribution in [2.75, 3.05) is 53.4 Å². The topological polar surface area (TPSA) is 64.1 Å². The standard InChI is InChI=1S/C14H29N3O3S/c1-15(2)11-13-3-7-16(8-4-13)21(19,20)17-9-5-14(12-18)6-10-17/h13-14,18H,3-12H2,1-2H3. The van der Waals surface area contributed by atoms with E-state index >= 15 is 0 Å². The van der Waals surface area contributed by atoms with Gasteiger partial charge in [-0.05, 0) is 51.6 Å². The van der Waals surface area contributed by atoms with E-state index in [0.29, 0.717) is 32.1 Å². The quantitative estimate of drug-likeness (QED) is 0.787. The fourth-order valence-electron chi connectivity index (χ4n) is 3.32. The fourth-order valence-corrected chi connectivity index (χ4v) is 5.00. The van der Waals surface area contributed by atoms with Crippen LogP contribution in [0.5, 0.6) is 0 Å². The Bertz CT molecular complexity index is 411. The first kappa shape index (κ1) is 17.1. The molecule has 0 aliphatic carbocycles. The van der Waals surface area contributed by atoms with Gasteiger partial charge in [0.2, 0.25) is 0 Å². The molecule has 6 nitrogen and oxygen atoms in total. The average Bonchev–Trinajstić information content (AvgIpc) is 2.47. The molecule has 2 heterocycles. The van der Waals surface area contributed by atoms with Crippen molar-refractivity contribution < 1.29 is 13.5 Å². The smallest absolute Gasteiger partial charge is 0.281 e. The highest BCUT2D eigenvalue weighted by Crippen LogP contribution is 2.25. The molecule has 7 heteroatoms. The predicted molar refractivity (Wildman–Crippen MR) is 83.2 cm³/mol. The molecule has 2 aliphatic rings. The van der Waals surface area contributed by atoms with E-state index in [9.17, 15) is 8.42 Å². The largest absolute Gasteiger partial charge is 0.396 e. The molecule has 0 unspecified atom stereocenters. The molecule has 0 amide bonds. The summed E-state index contributed by atoms with van der Waals surface area (Å²) in [7, 11) is 0.831. The lowest BCUT2D eigenvalue weighted by Crippen LogP contribution is -2.50. The molecule has 21 heavy (non-hydrogen) atoms. The van der Waals surface area contributed by atoms with Crippen molar-refractivity contribution in [1.82, 2.24) is 13.5 Å². The van der Waals surface area contributed by atoms with Gasteiger partial charge in [0, 0.05) is 39.3 Å². The van der Waals surface area contributed by atoms with Crippen LogP contribution in [0.15, 0.2) is 0 Å². The molecule has 0 aromatic rings. The summed E-state index contributed by atoms with van der Waals surface area (Å²) in [5.74, 6) is 0.869. The first-order chi connectivity index (χ1) is 9.93. The Labute approximate surface area is 128 Å². The maximum Gasteiger partial charge on any atom is 0.281 e. The van der Waals surface area contributed by atoms with Crippen molar-refractivity contribution in [1.29, 1.82) is 0 Å². The zero-order valence-corrected chi connectivity index (χ0v) is 14.1. The van der Waals surface area contributed by atoms with Gasteiger partial charge >= 0.3 is 0 Å². The monoisotopic (exact) mass is 319 g/mol. The lowest BCUT2D eigenvalue weighted by molar-refractivity contribution is 0.161. The van der Waals surface area contributed by atoms with Crippen LogP contribution in [0.3, 0.4) is 0 Å². The zero-order valence-electron chi connectivity index (χ0n) is 13.2. The maximum atomic E-state index is 12.6. The number of rotatable bonds is 5. The van der Waals surface area contributed by atoms with Crippen molar-refractivity contribution >= 4 is 10.2 Å². The number of aliphatic hydroxyl groups excluding tert-OH is 1. The molecule has 0 bridgehead atoms. The van der Waals surface area contributed by atoms with E-state index in [2.05, 4.69) is 19.0 Å². The summed E-state index contributed by atoms with van der Waals surface area (Å²) < 4.78 is 28.5. The minimum atomic E-state index is -3.30. The van der Waals surface area contributed by atoms with Crippen molar-refractivity contribution in [2.24, 2.45) is 11.8 Å². The molecular formula is C14H29N3O3S. The molecule has 0 aromatic carbocycles. The Hall–Kier alpha value is -0.210. The Morgan fingerprint density at radius 2 is 1.38 bits per heavy atom. The minimum absolute atomic E-state index is 0.170. The summed E-state index contributed by atoms with van der Waals surface area (Å²) in [6.07, 6.45) is 3.44. The van der Waals surface area contributed by atoms with Crippen LogP contribution in [0, 0.1) is 11.8 Å². The number of hydrogen-bond donors (Lipinski definition) is 1. The Kier molecular flexibility index (Phi) is 6.02. The number of aliphatic hydroxyl groups is 1. The van der Waals surface area contributed by atoms with Gasteiger partial charge in [-0.15, -0.1) is 0 Å². The van der Waals surface area contributed by atoms with E-state index in [-0.39, 0.29) is 12.5 Å². The van der Waals surface area contributed by atoms with Crippen molar-refractivity contribution in [2.45, 2.75) is 25.7 Å². The van der Waals surface area contributed by atoms with Gasteiger partial charge in [-0.1, -0.05) is 0 Å². The summed E-state index contributed by atoms with van der Waals surface area (Å²) in [6, 6.07) is 0. The van der Waals surface area contributed by atoms with E-state index in [1.54, 1.807) is 8.61 Å². The van der Waals surface area contributed by atoms with Gasteiger partial charge in [0.05, 0.1) is 0 Å². The fraction of sp³-hybridized carbons (Fsp3) is 1.00. The number of hydrogen-bond acceptors (Lipinski definition) is 4. The highest BCUT2D eigenvalue weighted by Gasteiger charge is 2.34. The normalized spacial score (nSPS) is 24.8. The first-order valence-corrected chi connectivity index (χ1v) is 9.34. The molecule has 0 radical (unpaired) electrons. The van der Waals surface area contributed by atoms with Crippen LogP contribution in [-0.4, -0.2) is 80.5 Å². The van der Waals surface area contributed by atoms with Crippen LogP contribution >= 0.6 is 0 Å². The SMILES string of the molecule is CN(C)CC1CCN(S(=O)(=O)N2CCC(CO)CC2)CC1. The van der Waals surface area contributed by atoms with Crippen molar-refractivity contribution in [3.63, 3.8) is 0 Å². The van der Waals surface area contributed by atoms with E-state index in [4.69, 9.17) is 5.11 Å². The minimum Gasteiger partial charge on any atom is -0.396 e. The molecule has 0 aromatic heterocycles. The Morgan fingerprint density at radius 3 is 1.76 bits per heavy atom. The number of piperidine rings is 2. The third-order valence-corrected chi connectivity index (χ3v) is 6.72. The Morgan fingerprint density at radius 1 is 0.952 bits per heavy atom. The molecule has 2 saturated heterocycles. The van der Waals surface area contributed by atoms with E-state index in [0.717, 1.165) is 32.2 Å². The third-order valence-electron chi connectivity index (χ3n) is 4.68. The van der Waals surface area contributed by atoms with E-state index in [1.165, 1.54) is 0 Å². The van der Waals surface area contributed by atoms with Gasteiger partial charge in [-0.25, -0.2) is 0 Å². The average molecular weight is 319 g/mol. The first-order valence-electron chi connectivity index (χ1n) is 7.94. The van der Waals surface area contributed by atoms with Crippen LogP contribution < -0.4 is 0 Å². The highest BCUT2D eigenvalue weighted by atomic mass is 32.2. The van der Waals surface area contributed by atoms with E-state index in [1.807, 2.05) is 0 Å².